The maximum atomic E-state index is 13.1. The molecule has 0 aliphatic carbocycles. The lowest BCUT2D eigenvalue weighted by Crippen LogP contribution is -2.32. The number of hydrogen-bond donors (Lipinski definition) is 1. The predicted molar refractivity (Wildman–Crippen MR) is 136 cm³/mol. The summed E-state index contributed by atoms with van der Waals surface area (Å²) in [5.74, 6) is -0.458. The molecule has 7 heteroatoms. The highest BCUT2D eigenvalue weighted by molar-refractivity contribution is 6.46. The first kappa shape index (κ1) is 25.0. The first-order chi connectivity index (χ1) is 17.4. The standard InChI is InChI=1S/C29H29NO6/c1-19-6-4-7-20(16-19)18-36-23-12-10-21(11-13-23)27(31)25-26(22-8-5-9-24(17-22)35-3)30(14-15-34-2)29(33)28(25)32/h4-13,16-17,26,31H,14-15,18H2,1-3H3/t26-/m1/s1. The van der Waals surface area contributed by atoms with Crippen LogP contribution in [-0.4, -0.2) is 49.1 Å². The molecule has 1 amide bonds. The number of aliphatic hydroxyl groups excluding tert-OH is 1. The minimum absolute atomic E-state index is 0.0257. The number of nitrogens with zero attached hydrogens (tertiary/aromatic N) is 1. The third kappa shape index (κ3) is 5.26. The summed E-state index contributed by atoms with van der Waals surface area (Å²) in [5, 5.41) is 11.2. The van der Waals surface area contributed by atoms with E-state index in [1.165, 1.54) is 12.0 Å². The predicted octanol–water partition coefficient (Wildman–Crippen LogP) is 4.65. The SMILES string of the molecule is COCCN1C(=O)C(=O)C(=C(O)c2ccc(OCc3cccc(C)c3)cc2)[C@H]1c1cccc(OC)c1. The Bertz CT molecular complexity index is 1280. The van der Waals surface area contributed by atoms with Crippen molar-refractivity contribution in [2.45, 2.75) is 19.6 Å². The van der Waals surface area contributed by atoms with Gasteiger partial charge in [-0.2, -0.15) is 0 Å². The van der Waals surface area contributed by atoms with E-state index in [1.54, 1.807) is 55.6 Å². The van der Waals surface area contributed by atoms with E-state index in [9.17, 15) is 14.7 Å². The van der Waals surface area contributed by atoms with Crippen molar-refractivity contribution in [3.63, 3.8) is 0 Å². The Hall–Kier alpha value is -4.10. The Balaban J connectivity index is 1.65. The zero-order chi connectivity index (χ0) is 25.7. The van der Waals surface area contributed by atoms with E-state index in [4.69, 9.17) is 14.2 Å². The van der Waals surface area contributed by atoms with Crippen molar-refractivity contribution < 1.29 is 28.9 Å². The fourth-order valence-corrected chi connectivity index (χ4v) is 4.29. The van der Waals surface area contributed by atoms with Crippen molar-refractivity contribution in [1.82, 2.24) is 4.90 Å². The van der Waals surface area contributed by atoms with Crippen LogP contribution in [0.25, 0.3) is 5.76 Å². The van der Waals surface area contributed by atoms with Gasteiger partial charge >= 0.3 is 0 Å². The van der Waals surface area contributed by atoms with Gasteiger partial charge < -0.3 is 24.2 Å². The molecule has 1 aliphatic rings. The molecule has 1 saturated heterocycles. The number of aryl methyl sites for hydroxylation is 1. The third-order valence-electron chi connectivity index (χ3n) is 6.10. The Morgan fingerprint density at radius 3 is 2.39 bits per heavy atom. The van der Waals surface area contributed by atoms with E-state index in [0.29, 0.717) is 29.2 Å². The van der Waals surface area contributed by atoms with Crippen LogP contribution in [0.2, 0.25) is 0 Å². The fourth-order valence-electron chi connectivity index (χ4n) is 4.29. The molecule has 3 aromatic rings. The van der Waals surface area contributed by atoms with Crippen LogP contribution >= 0.6 is 0 Å². The van der Waals surface area contributed by atoms with Crippen molar-refractivity contribution >= 4 is 17.4 Å². The number of ether oxygens (including phenoxy) is 3. The molecule has 4 rings (SSSR count). The number of amides is 1. The van der Waals surface area contributed by atoms with Gasteiger partial charge in [0.1, 0.15) is 23.9 Å². The molecule has 1 aliphatic heterocycles. The summed E-state index contributed by atoms with van der Waals surface area (Å²) in [6.45, 7) is 2.89. The Labute approximate surface area is 210 Å². The molecule has 1 atom stereocenters. The van der Waals surface area contributed by atoms with Gasteiger partial charge in [-0.25, -0.2) is 0 Å². The molecule has 186 valence electrons. The van der Waals surface area contributed by atoms with E-state index in [2.05, 4.69) is 6.07 Å². The molecule has 1 N–H and O–H groups in total. The molecule has 0 aromatic heterocycles. The van der Waals surface area contributed by atoms with Gasteiger partial charge in [0.25, 0.3) is 11.7 Å². The van der Waals surface area contributed by atoms with Gasteiger partial charge in [0.2, 0.25) is 0 Å². The van der Waals surface area contributed by atoms with Crippen LogP contribution < -0.4 is 9.47 Å². The normalized spacial score (nSPS) is 16.9. The molecule has 0 saturated carbocycles. The van der Waals surface area contributed by atoms with Crippen molar-refractivity contribution in [2.75, 3.05) is 27.4 Å². The highest BCUT2D eigenvalue weighted by Crippen LogP contribution is 2.40. The maximum Gasteiger partial charge on any atom is 0.295 e. The summed E-state index contributed by atoms with van der Waals surface area (Å²) in [5.41, 5.74) is 3.30. The summed E-state index contributed by atoms with van der Waals surface area (Å²) in [4.78, 5) is 27.4. The van der Waals surface area contributed by atoms with Crippen molar-refractivity contribution in [3.05, 3.63) is 101 Å². The first-order valence-corrected chi connectivity index (χ1v) is 11.6. The molecule has 0 radical (unpaired) electrons. The molecule has 1 fully saturated rings. The largest absolute Gasteiger partial charge is 0.507 e. The quantitative estimate of drug-likeness (QED) is 0.269. The van der Waals surface area contributed by atoms with E-state index in [0.717, 1.165) is 11.1 Å². The lowest BCUT2D eigenvalue weighted by atomic mass is 9.95. The number of carbonyl (C=O) groups excluding carboxylic acids is 2. The zero-order valence-corrected chi connectivity index (χ0v) is 20.6. The van der Waals surface area contributed by atoms with Gasteiger partial charge in [0, 0.05) is 19.2 Å². The Kier molecular flexibility index (Phi) is 7.71. The van der Waals surface area contributed by atoms with Crippen LogP contribution in [0.5, 0.6) is 11.5 Å². The maximum absolute atomic E-state index is 13.1. The number of benzene rings is 3. The van der Waals surface area contributed by atoms with E-state index < -0.39 is 17.7 Å². The molecule has 0 spiro atoms. The number of Topliss-reactive ketones (excluding diaryl/α,β-unsaturated/α-hetero) is 1. The number of hydrogen-bond acceptors (Lipinski definition) is 6. The number of aliphatic hydroxyl groups is 1. The molecule has 0 unspecified atom stereocenters. The number of ketones is 1. The summed E-state index contributed by atoms with van der Waals surface area (Å²) >= 11 is 0. The van der Waals surface area contributed by atoms with Gasteiger partial charge in [-0.15, -0.1) is 0 Å². The highest BCUT2D eigenvalue weighted by Gasteiger charge is 2.46. The van der Waals surface area contributed by atoms with Crippen LogP contribution in [0.15, 0.2) is 78.4 Å². The molecule has 7 nitrogen and oxygen atoms in total. The summed E-state index contributed by atoms with van der Waals surface area (Å²) < 4.78 is 16.4. The van der Waals surface area contributed by atoms with Crippen molar-refractivity contribution in [1.29, 1.82) is 0 Å². The number of carbonyl (C=O) groups is 2. The van der Waals surface area contributed by atoms with Gasteiger partial charge in [0.15, 0.2) is 0 Å². The van der Waals surface area contributed by atoms with Gasteiger partial charge in [-0.3, -0.25) is 9.59 Å². The van der Waals surface area contributed by atoms with Crippen LogP contribution in [0.4, 0.5) is 0 Å². The number of likely N-dealkylation sites (tertiary alicyclic amines) is 1. The molecule has 0 bridgehead atoms. The summed E-state index contributed by atoms with van der Waals surface area (Å²) in [6.07, 6.45) is 0. The second-order valence-corrected chi connectivity index (χ2v) is 8.56. The fraction of sp³-hybridized carbons (Fsp3) is 0.241. The van der Waals surface area contributed by atoms with Crippen molar-refractivity contribution in [3.8, 4) is 11.5 Å². The molecule has 3 aromatic carbocycles. The average Bonchev–Trinajstić information content (AvgIpc) is 3.15. The van der Waals surface area contributed by atoms with Crippen LogP contribution in [0, 0.1) is 6.92 Å². The number of methoxy groups -OCH3 is 2. The van der Waals surface area contributed by atoms with E-state index in [1.807, 2.05) is 25.1 Å². The van der Waals surface area contributed by atoms with Gasteiger partial charge in [-0.05, 0) is 54.4 Å². The minimum atomic E-state index is -0.771. The van der Waals surface area contributed by atoms with Gasteiger partial charge in [-0.1, -0.05) is 42.0 Å². The van der Waals surface area contributed by atoms with Gasteiger partial charge in [0.05, 0.1) is 25.3 Å². The van der Waals surface area contributed by atoms with E-state index >= 15 is 0 Å². The molecule has 36 heavy (non-hydrogen) atoms. The second kappa shape index (κ2) is 11.1. The molecule has 1 heterocycles. The van der Waals surface area contributed by atoms with Crippen LogP contribution in [-0.2, 0) is 20.9 Å². The average molecular weight is 488 g/mol. The summed E-state index contributed by atoms with van der Waals surface area (Å²) in [7, 11) is 3.07. The lowest BCUT2D eigenvalue weighted by molar-refractivity contribution is -0.140. The molecular formula is C29H29NO6. The lowest BCUT2D eigenvalue weighted by Gasteiger charge is -2.25. The van der Waals surface area contributed by atoms with Crippen LogP contribution in [0.1, 0.15) is 28.3 Å². The van der Waals surface area contributed by atoms with Crippen LogP contribution in [0.3, 0.4) is 0 Å². The topological polar surface area (TPSA) is 85.3 Å². The monoisotopic (exact) mass is 487 g/mol. The minimum Gasteiger partial charge on any atom is -0.507 e. The highest BCUT2D eigenvalue weighted by atomic mass is 16.5. The number of rotatable bonds is 9. The smallest absolute Gasteiger partial charge is 0.295 e. The van der Waals surface area contributed by atoms with Crippen molar-refractivity contribution in [2.24, 2.45) is 0 Å². The molecular weight excluding hydrogens is 458 g/mol. The van der Waals surface area contributed by atoms with E-state index in [-0.39, 0.29) is 24.5 Å². The Morgan fingerprint density at radius 1 is 0.944 bits per heavy atom. The zero-order valence-electron chi connectivity index (χ0n) is 20.6. The summed E-state index contributed by atoms with van der Waals surface area (Å²) in [6, 6.07) is 21.2. The second-order valence-electron chi connectivity index (χ2n) is 8.56. The first-order valence-electron chi connectivity index (χ1n) is 11.6. The third-order valence-corrected chi connectivity index (χ3v) is 6.10. The Morgan fingerprint density at radius 2 is 1.69 bits per heavy atom.